The van der Waals surface area contributed by atoms with Crippen LogP contribution in [0.25, 0.3) is 0 Å². The first-order valence-electron chi connectivity index (χ1n) is 2.49. The van der Waals surface area contributed by atoms with E-state index in [0.717, 1.165) is 0 Å². The monoisotopic (exact) mass is 112 g/mol. The molecule has 2 heteroatoms. The molecule has 1 heterocycles. The third-order valence-corrected chi connectivity index (χ3v) is 1.40. The number of terminal acetylenes is 1. The topological polar surface area (TPSA) is 32.8 Å². The van der Waals surface area contributed by atoms with Crippen LogP contribution in [0.3, 0.4) is 0 Å². The molecule has 1 fully saturated rings. The molecule has 0 saturated carbocycles. The fourth-order valence-corrected chi connectivity index (χ4v) is 0.600. The van der Waals surface area contributed by atoms with Gasteiger partial charge in [0.2, 0.25) is 0 Å². The summed E-state index contributed by atoms with van der Waals surface area (Å²) in [5.74, 6) is 2.43. The van der Waals surface area contributed by atoms with E-state index in [9.17, 15) is 0 Å². The van der Waals surface area contributed by atoms with Gasteiger partial charge in [0, 0.05) is 0 Å². The number of epoxide rings is 1. The van der Waals surface area contributed by atoms with E-state index in [4.69, 9.17) is 16.3 Å². The van der Waals surface area contributed by atoms with Gasteiger partial charge < -0.3 is 9.84 Å². The number of aliphatic hydroxyl groups excluding tert-OH is 1. The fraction of sp³-hybridized carbons (Fsp3) is 0.667. The molecule has 2 nitrogen and oxygen atoms in total. The lowest BCUT2D eigenvalue weighted by Gasteiger charge is -1.87. The Kier molecular flexibility index (Phi) is 1.04. The fourth-order valence-electron chi connectivity index (χ4n) is 0.600. The van der Waals surface area contributed by atoms with Crippen molar-refractivity contribution in [2.75, 3.05) is 6.61 Å². The molecule has 0 spiro atoms. The highest BCUT2D eigenvalue weighted by Gasteiger charge is 2.50. The molecule has 1 aliphatic rings. The molecule has 44 valence electrons. The van der Waals surface area contributed by atoms with Crippen LogP contribution in [0.15, 0.2) is 0 Å². The molecule has 1 rings (SSSR count). The molecule has 0 aromatic heterocycles. The summed E-state index contributed by atoms with van der Waals surface area (Å²) in [5.41, 5.74) is -0.464. The summed E-state index contributed by atoms with van der Waals surface area (Å²) in [7, 11) is 0. The molecule has 0 unspecified atom stereocenters. The van der Waals surface area contributed by atoms with E-state index in [0.29, 0.717) is 0 Å². The summed E-state index contributed by atoms with van der Waals surface area (Å²) in [6.45, 7) is 1.81. The largest absolute Gasteiger partial charge is 0.394 e. The molecule has 1 aliphatic heterocycles. The number of ether oxygens (including phenoxy) is 1. The third kappa shape index (κ3) is 0.605. The maximum Gasteiger partial charge on any atom is 0.154 e. The SMILES string of the molecule is C#C[C@]1(C)O[C@H]1CO. The zero-order chi connectivity index (χ0) is 6.20. The van der Waals surface area contributed by atoms with Crippen LogP contribution in [0.1, 0.15) is 6.92 Å². The number of hydrogen-bond acceptors (Lipinski definition) is 2. The normalized spacial score (nSPS) is 43.4. The van der Waals surface area contributed by atoms with Crippen molar-refractivity contribution in [3.05, 3.63) is 0 Å². The van der Waals surface area contributed by atoms with Gasteiger partial charge in [-0.1, -0.05) is 5.92 Å². The maximum absolute atomic E-state index is 8.45. The Morgan fingerprint density at radius 3 is 2.75 bits per heavy atom. The molecule has 0 radical (unpaired) electrons. The zero-order valence-electron chi connectivity index (χ0n) is 4.72. The molecule has 0 aromatic carbocycles. The Balaban J connectivity index is 2.46. The molecular weight excluding hydrogens is 104 g/mol. The van der Waals surface area contributed by atoms with Gasteiger partial charge in [0.25, 0.3) is 0 Å². The van der Waals surface area contributed by atoms with Gasteiger partial charge in [-0.05, 0) is 6.92 Å². The van der Waals surface area contributed by atoms with Gasteiger partial charge in [-0.3, -0.25) is 0 Å². The van der Waals surface area contributed by atoms with Gasteiger partial charge in [0.15, 0.2) is 5.60 Å². The average Bonchev–Trinajstić information content (AvgIpc) is 2.44. The molecule has 1 saturated heterocycles. The van der Waals surface area contributed by atoms with Crippen LogP contribution in [0.5, 0.6) is 0 Å². The summed E-state index contributed by atoms with van der Waals surface area (Å²) in [6, 6.07) is 0. The first-order valence-corrected chi connectivity index (χ1v) is 2.49. The van der Waals surface area contributed by atoms with Gasteiger partial charge in [-0.15, -0.1) is 6.42 Å². The van der Waals surface area contributed by atoms with Crippen LogP contribution in [0, 0.1) is 12.3 Å². The number of hydrogen-bond donors (Lipinski definition) is 1. The predicted molar refractivity (Wildman–Crippen MR) is 29.2 cm³/mol. The summed E-state index contributed by atoms with van der Waals surface area (Å²) in [4.78, 5) is 0. The molecule has 2 atom stereocenters. The first kappa shape index (κ1) is 5.61. The lowest BCUT2D eigenvalue weighted by molar-refractivity contribution is 0.240. The van der Waals surface area contributed by atoms with E-state index >= 15 is 0 Å². The van der Waals surface area contributed by atoms with Gasteiger partial charge in [-0.2, -0.15) is 0 Å². The van der Waals surface area contributed by atoms with Crippen molar-refractivity contribution < 1.29 is 9.84 Å². The van der Waals surface area contributed by atoms with Crippen LogP contribution < -0.4 is 0 Å². The van der Waals surface area contributed by atoms with Crippen molar-refractivity contribution in [1.82, 2.24) is 0 Å². The van der Waals surface area contributed by atoms with Gasteiger partial charge in [0.1, 0.15) is 6.10 Å². The van der Waals surface area contributed by atoms with Crippen LogP contribution in [-0.4, -0.2) is 23.4 Å². The van der Waals surface area contributed by atoms with Crippen LogP contribution >= 0.6 is 0 Å². The summed E-state index contributed by atoms with van der Waals surface area (Å²) < 4.78 is 4.92. The Morgan fingerprint density at radius 2 is 2.62 bits per heavy atom. The Morgan fingerprint density at radius 1 is 2.00 bits per heavy atom. The third-order valence-electron chi connectivity index (χ3n) is 1.40. The summed E-state index contributed by atoms with van der Waals surface area (Å²) >= 11 is 0. The average molecular weight is 112 g/mol. The summed E-state index contributed by atoms with van der Waals surface area (Å²) in [6.07, 6.45) is 4.93. The van der Waals surface area contributed by atoms with Crippen molar-refractivity contribution in [3.8, 4) is 12.3 Å². The smallest absolute Gasteiger partial charge is 0.154 e. The standard InChI is InChI=1S/C6H8O2/c1-3-6(2)5(4-7)8-6/h1,5,7H,4H2,2H3/t5-,6-/m0/s1. The molecule has 0 amide bonds. The second-order valence-electron chi connectivity index (χ2n) is 2.04. The zero-order valence-corrected chi connectivity index (χ0v) is 4.72. The first-order chi connectivity index (χ1) is 3.73. The molecular formula is C6H8O2. The minimum atomic E-state index is -0.464. The van der Waals surface area contributed by atoms with Gasteiger partial charge in [-0.25, -0.2) is 0 Å². The van der Waals surface area contributed by atoms with E-state index in [1.807, 2.05) is 0 Å². The van der Waals surface area contributed by atoms with E-state index in [1.165, 1.54) is 0 Å². The second kappa shape index (κ2) is 1.48. The van der Waals surface area contributed by atoms with Gasteiger partial charge >= 0.3 is 0 Å². The van der Waals surface area contributed by atoms with Crippen molar-refractivity contribution >= 4 is 0 Å². The highest BCUT2D eigenvalue weighted by atomic mass is 16.6. The maximum atomic E-state index is 8.45. The van der Waals surface area contributed by atoms with E-state index < -0.39 is 5.60 Å². The lowest BCUT2D eigenvalue weighted by Crippen LogP contribution is -2.08. The van der Waals surface area contributed by atoms with Crippen LogP contribution in [0.2, 0.25) is 0 Å². The van der Waals surface area contributed by atoms with E-state index in [-0.39, 0.29) is 12.7 Å². The minimum absolute atomic E-state index is 0.0285. The Labute approximate surface area is 48.5 Å². The Hall–Kier alpha value is -0.520. The molecule has 0 aliphatic carbocycles. The lowest BCUT2D eigenvalue weighted by atomic mass is 10.1. The van der Waals surface area contributed by atoms with Crippen molar-refractivity contribution in [2.45, 2.75) is 18.6 Å². The summed E-state index contributed by atoms with van der Waals surface area (Å²) in [5, 5.41) is 8.45. The second-order valence-corrected chi connectivity index (χ2v) is 2.04. The quantitative estimate of drug-likeness (QED) is 0.375. The van der Waals surface area contributed by atoms with Gasteiger partial charge in [0.05, 0.1) is 6.61 Å². The molecule has 0 bridgehead atoms. The van der Waals surface area contributed by atoms with E-state index in [1.54, 1.807) is 6.92 Å². The highest BCUT2D eigenvalue weighted by Crippen LogP contribution is 2.34. The van der Waals surface area contributed by atoms with E-state index in [2.05, 4.69) is 5.92 Å². The highest BCUT2D eigenvalue weighted by molar-refractivity contribution is 5.19. The van der Waals surface area contributed by atoms with Crippen molar-refractivity contribution in [2.24, 2.45) is 0 Å². The number of rotatable bonds is 1. The number of aliphatic hydroxyl groups is 1. The molecule has 8 heavy (non-hydrogen) atoms. The molecule has 1 N–H and O–H groups in total. The van der Waals surface area contributed by atoms with Crippen molar-refractivity contribution in [1.29, 1.82) is 0 Å². The van der Waals surface area contributed by atoms with Crippen molar-refractivity contribution in [3.63, 3.8) is 0 Å². The molecule has 0 aromatic rings. The van der Waals surface area contributed by atoms with Crippen LogP contribution in [-0.2, 0) is 4.74 Å². The van der Waals surface area contributed by atoms with Crippen LogP contribution in [0.4, 0.5) is 0 Å². The Bertz CT molecular complexity index is 136. The minimum Gasteiger partial charge on any atom is -0.394 e. The predicted octanol–water partition coefficient (Wildman–Crippen LogP) is -0.231.